The second-order valence-electron chi connectivity index (χ2n) is 13.6. The topological polar surface area (TPSA) is 9.86 Å². The SMILES string of the molecule is Cc1cc(C)c(-n2ccn(-c3c(C)cc(C)cc3C(c3ccccc3)c3ccccc3)[c]2=[Ni][Cl])c(C(c2ccccc2)c2ccccc2)c1.[c-]1[c-][c-][cH-][c-]1. The summed E-state index contributed by atoms with van der Waals surface area (Å²) < 4.78 is 5.56. The number of hydrogen-bond acceptors (Lipinski definition) is 0. The van der Waals surface area contributed by atoms with E-state index in [0.717, 1.165) is 28.9 Å². The van der Waals surface area contributed by atoms with Gasteiger partial charge in [-0.05, 0) is 0 Å². The maximum Gasteiger partial charge on any atom is -0.800 e. The predicted molar refractivity (Wildman–Crippen MR) is 218 cm³/mol. The summed E-state index contributed by atoms with van der Waals surface area (Å²) in [6.45, 7) is 8.82. The third-order valence-corrected chi connectivity index (χ3v) is 10.8. The van der Waals surface area contributed by atoms with Gasteiger partial charge in [0.15, 0.2) is 0 Å². The van der Waals surface area contributed by atoms with Crippen LogP contribution in [0.5, 0.6) is 0 Å². The van der Waals surface area contributed by atoms with Crippen LogP contribution in [0.1, 0.15) is 67.5 Å². The smallest absolute Gasteiger partial charge is 0.800 e. The minimum Gasteiger partial charge on any atom is -0.999 e. The summed E-state index contributed by atoms with van der Waals surface area (Å²) in [6.07, 6.45) is 4.38. The van der Waals surface area contributed by atoms with Crippen LogP contribution < -0.4 is 0 Å². The minimum atomic E-state index is 0.0414. The van der Waals surface area contributed by atoms with Crippen molar-refractivity contribution in [2.45, 2.75) is 39.5 Å². The Morgan fingerprint density at radius 1 is 0.500 bits per heavy atom. The first-order chi connectivity index (χ1) is 26.4. The third-order valence-electron chi connectivity index (χ3n) is 9.72. The normalized spacial score (nSPS) is 11.2. The first kappa shape index (κ1) is 37.0. The molecule has 54 heavy (non-hydrogen) atoms. The summed E-state index contributed by atoms with van der Waals surface area (Å²) in [5.41, 5.74) is 14.7. The van der Waals surface area contributed by atoms with Crippen molar-refractivity contribution in [1.82, 2.24) is 9.13 Å². The summed E-state index contributed by atoms with van der Waals surface area (Å²) >= 11 is 1.04. The van der Waals surface area contributed by atoms with Gasteiger partial charge in [-0.25, -0.2) is 0 Å². The average molecular weight is 764 g/mol. The number of aryl methyl sites for hydroxylation is 4. The van der Waals surface area contributed by atoms with Crippen LogP contribution in [0.3, 0.4) is 0 Å². The summed E-state index contributed by atoms with van der Waals surface area (Å²) in [5.74, 6) is 0.0829. The molecule has 0 fully saturated rings. The Balaban J connectivity index is 0.000000833. The van der Waals surface area contributed by atoms with E-state index in [9.17, 15) is 0 Å². The molecular weight excluding hydrogens is 723 g/mol. The van der Waals surface area contributed by atoms with Crippen LogP contribution in [0.15, 0.2) is 164 Å². The fraction of sp³-hybridized carbons (Fsp3) is 0.120. The summed E-state index contributed by atoms with van der Waals surface area (Å²) in [7, 11) is 6.97. The Hall–Kier alpha value is -5.34. The Morgan fingerprint density at radius 2 is 0.833 bits per heavy atom. The monoisotopic (exact) mass is 762 g/mol. The van der Waals surface area contributed by atoms with Crippen molar-refractivity contribution in [2.75, 3.05) is 0 Å². The molecule has 0 unspecified atom stereocenters. The molecule has 0 bridgehead atoms. The Bertz CT molecular complexity index is 2230. The zero-order valence-corrected chi connectivity index (χ0v) is 32.6. The number of nitrogens with zero attached hydrogens (tertiary/aromatic N) is 2. The molecule has 0 aliphatic rings. The van der Waals surface area contributed by atoms with Gasteiger partial charge >= 0.3 is 301 Å². The van der Waals surface area contributed by atoms with Gasteiger partial charge < -0.3 is 30.3 Å². The maximum absolute atomic E-state index is 6.97. The summed E-state index contributed by atoms with van der Waals surface area (Å²) in [6, 6.07) is 64.6. The number of aromatic nitrogens is 2. The van der Waals surface area contributed by atoms with Crippen molar-refractivity contribution in [3.8, 4) is 11.4 Å². The zero-order valence-electron chi connectivity index (χ0n) is 30.8. The van der Waals surface area contributed by atoms with Crippen molar-refractivity contribution in [1.29, 1.82) is 0 Å². The predicted octanol–water partition coefficient (Wildman–Crippen LogP) is 12.2. The molecule has 8 aromatic rings. The maximum atomic E-state index is 6.97. The van der Waals surface area contributed by atoms with Crippen LogP contribution in [0.2, 0.25) is 0 Å². The molecule has 0 amide bonds. The average Bonchev–Trinajstić information content (AvgIpc) is 3.91. The minimum absolute atomic E-state index is 0.0414. The quantitative estimate of drug-likeness (QED) is 0.0829. The molecule has 1 aromatic heterocycles. The molecule has 0 aliphatic carbocycles. The van der Waals surface area contributed by atoms with Crippen LogP contribution in [-0.2, 0) is 13.1 Å². The molecular formula is C50H41ClN2Ni-5. The van der Waals surface area contributed by atoms with E-state index in [1.54, 1.807) is 6.07 Å². The number of rotatable bonds is 8. The molecule has 7 aromatic carbocycles. The van der Waals surface area contributed by atoms with Gasteiger partial charge in [-0.2, -0.15) is 0 Å². The van der Waals surface area contributed by atoms with E-state index in [1.165, 1.54) is 55.6 Å². The molecule has 1 heterocycles. The molecule has 0 saturated heterocycles. The second kappa shape index (κ2) is 17.2. The Labute approximate surface area is 330 Å². The molecule has 2 nitrogen and oxygen atoms in total. The summed E-state index contributed by atoms with van der Waals surface area (Å²) in [5, 5.41) is 0. The third kappa shape index (κ3) is 7.95. The first-order valence-corrected chi connectivity index (χ1v) is 19.9. The standard InChI is InChI=1S/C45H40N2.C5H.ClH.Ni/c1-32-27-34(3)44(40(29-32)42(36-17-9-5-10-18-36)37-19-11-6-12-20-37)46-25-26-47(31-46)45-35(4)28-33(2)30-41(45)43(38-21-13-7-14-22-38)39-23-15-8-16-24-39;1-2-4-5-3-1;;/h5-30,42-43H,1-4H3;1H;1H;/q;-5;;+1/p-1. The van der Waals surface area contributed by atoms with E-state index in [2.05, 4.69) is 219 Å². The van der Waals surface area contributed by atoms with Crippen LogP contribution in [-0.4, -0.2) is 9.13 Å². The molecule has 4 heteroatoms. The van der Waals surface area contributed by atoms with E-state index in [4.69, 9.17) is 10.2 Å². The largest absolute Gasteiger partial charge is 0.999 e. The van der Waals surface area contributed by atoms with E-state index in [-0.39, 0.29) is 11.8 Å². The van der Waals surface area contributed by atoms with Crippen molar-refractivity contribution in [3.05, 3.63) is 248 Å². The van der Waals surface area contributed by atoms with Gasteiger partial charge in [-0.15, -0.1) is 0 Å². The van der Waals surface area contributed by atoms with Crippen LogP contribution in [0.4, 0.5) is 0 Å². The van der Waals surface area contributed by atoms with Crippen LogP contribution in [0, 0.1) is 56.4 Å². The van der Waals surface area contributed by atoms with Gasteiger partial charge in [0, 0.05) is 0 Å². The summed E-state index contributed by atoms with van der Waals surface area (Å²) in [4.78, 5) is 0. The number of benzene rings is 6. The molecule has 0 N–H and O–H groups in total. The fourth-order valence-corrected chi connectivity index (χ4v) is 8.71. The number of hydrogen-bond donors (Lipinski definition) is 0. The molecule has 0 radical (unpaired) electrons. The van der Waals surface area contributed by atoms with Gasteiger partial charge in [0.25, 0.3) is 0 Å². The number of imidazole rings is 1. The molecule has 0 spiro atoms. The van der Waals surface area contributed by atoms with Gasteiger partial charge in [-0.3, -0.25) is 0 Å². The van der Waals surface area contributed by atoms with Crippen molar-refractivity contribution in [3.63, 3.8) is 0 Å². The zero-order chi connectivity index (χ0) is 37.4. The molecule has 8 rings (SSSR count). The molecule has 273 valence electrons. The van der Waals surface area contributed by atoms with Gasteiger partial charge in [0.1, 0.15) is 0 Å². The van der Waals surface area contributed by atoms with E-state index >= 15 is 0 Å². The van der Waals surface area contributed by atoms with Crippen molar-refractivity contribution < 1.29 is 13.1 Å². The van der Waals surface area contributed by atoms with Gasteiger partial charge in [0.2, 0.25) is 0 Å². The van der Waals surface area contributed by atoms with E-state index < -0.39 is 0 Å². The van der Waals surface area contributed by atoms with Crippen LogP contribution in [0.25, 0.3) is 11.4 Å². The first-order valence-electron chi connectivity index (χ1n) is 18.0. The Kier molecular flexibility index (Phi) is 11.8. The van der Waals surface area contributed by atoms with E-state index in [0.29, 0.717) is 0 Å². The molecule has 0 atom stereocenters. The number of halogens is 1. The van der Waals surface area contributed by atoms with Crippen LogP contribution >= 0.6 is 10.2 Å². The second-order valence-corrected chi connectivity index (χ2v) is 14.7. The van der Waals surface area contributed by atoms with Crippen molar-refractivity contribution in [2.24, 2.45) is 0 Å². The molecule has 0 aliphatic heterocycles. The van der Waals surface area contributed by atoms with Crippen molar-refractivity contribution >= 4 is 10.2 Å². The Morgan fingerprint density at radius 3 is 1.11 bits per heavy atom. The van der Waals surface area contributed by atoms with Gasteiger partial charge in [-0.1, -0.05) is 0 Å². The van der Waals surface area contributed by atoms with E-state index in [1.807, 2.05) is 0 Å². The molecule has 0 saturated carbocycles. The van der Waals surface area contributed by atoms with Gasteiger partial charge in [0.05, 0.1) is 0 Å². The fourth-order valence-electron chi connectivity index (χ4n) is 7.69.